The molecule has 4 nitrogen and oxygen atoms in total. The summed E-state index contributed by atoms with van der Waals surface area (Å²) in [4.78, 5) is 13.2. The van der Waals surface area contributed by atoms with Crippen LogP contribution in [0.1, 0.15) is 9.49 Å². The first-order valence-electron chi connectivity index (χ1n) is 3.58. The maximum Gasteiger partial charge on any atom is 0.219 e. The van der Waals surface area contributed by atoms with Crippen LogP contribution in [-0.2, 0) is 0 Å². The molecule has 1 aromatic heterocycles. The van der Waals surface area contributed by atoms with Crippen molar-refractivity contribution in [2.24, 2.45) is 0 Å². The minimum Gasteiger partial charge on any atom is -0.264 e. The second-order valence-electron chi connectivity index (χ2n) is 2.49. The summed E-state index contributed by atoms with van der Waals surface area (Å²) in [5.41, 5.74) is 0.210. The molecule has 0 saturated carbocycles. The van der Waals surface area contributed by atoms with Crippen LogP contribution in [0.2, 0.25) is 5.15 Å². The summed E-state index contributed by atoms with van der Waals surface area (Å²) in [6.07, 6.45) is 1.33. The molecular formula is C7H5ClFIN2O2. The number of halogens is 3. The molecule has 0 spiro atoms. The molecule has 0 amide bonds. The second-order valence-corrected chi connectivity index (χ2v) is 4.35. The summed E-state index contributed by atoms with van der Waals surface area (Å²) in [7, 11) is 0. The van der Waals surface area contributed by atoms with Gasteiger partial charge < -0.3 is 0 Å². The van der Waals surface area contributed by atoms with Crippen molar-refractivity contribution >= 4 is 34.2 Å². The number of nitro groups is 1. The predicted molar refractivity (Wildman–Crippen MR) is 57.8 cm³/mol. The van der Waals surface area contributed by atoms with Gasteiger partial charge in [0.05, 0.1) is 0 Å². The van der Waals surface area contributed by atoms with Crippen LogP contribution in [0.5, 0.6) is 0 Å². The van der Waals surface area contributed by atoms with E-state index in [1.165, 1.54) is 12.3 Å². The third-order valence-corrected chi connectivity index (χ3v) is 2.85. The molecule has 0 aromatic carbocycles. The molecule has 0 bridgehead atoms. The Kier molecular flexibility index (Phi) is 3.99. The third kappa shape index (κ3) is 2.74. The molecule has 0 aliphatic carbocycles. The topological polar surface area (TPSA) is 56.0 Å². The Labute approximate surface area is 97.8 Å². The Hall–Kier alpha value is -0.500. The number of aromatic nitrogens is 1. The van der Waals surface area contributed by atoms with E-state index >= 15 is 0 Å². The average molecular weight is 330 g/mol. The van der Waals surface area contributed by atoms with Gasteiger partial charge in [-0.3, -0.25) is 10.1 Å². The maximum atomic E-state index is 13.3. The SMILES string of the molecule is O=[N+]([O-])CC(I)c1ccnc(Cl)c1F. The fraction of sp³-hybridized carbons (Fsp3) is 0.286. The van der Waals surface area contributed by atoms with E-state index in [-0.39, 0.29) is 17.3 Å². The highest BCUT2D eigenvalue weighted by atomic mass is 127. The monoisotopic (exact) mass is 330 g/mol. The zero-order valence-corrected chi connectivity index (χ0v) is 9.70. The van der Waals surface area contributed by atoms with Crippen molar-refractivity contribution in [3.63, 3.8) is 0 Å². The summed E-state index contributed by atoms with van der Waals surface area (Å²) in [6.45, 7) is -0.335. The summed E-state index contributed by atoms with van der Waals surface area (Å²) in [5, 5.41) is 9.95. The van der Waals surface area contributed by atoms with E-state index in [2.05, 4.69) is 4.98 Å². The highest BCUT2D eigenvalue weighted by Crippen LogP contribution is 2.28. The van der Waals surface area contributed by atoms with Crippen LogP contribution in [0.25, 0.3) is 0 Å². The van der Waals surface area contributed by atoms with Crippen LogP contribution in [0.15, 0.2) is 12.3 Å². The van der Waals surface area contributed by atoms with Crippen molar-refractivity contribution < 1.29 is 9.31 Å². The first-order valence-corrected chi connectivity index (χ1v) is 5.20. The number of hydrogen-bond donors (Lipinski definition) is 0. The van der Waals surface area contributed by atoms with E-state index in [1.54, 1.807) is 22.6 Å². The third-order valence-electron chi connectivity index (χ3n) is 1.52. The van der Waals surface area contributed by atoms with E-state index in [4.69, 9.17) is 11.6 Å². The van der Waals surface area contributed by atoms with E-state index in [0.717, 1.165) is 0 Å². The lowest BCUT2D eigenvalue weighted by atomic mass is 10.2. The average Bonchev–Trinajstić information content (AvgIpc) is 2.08. The highest BCUT2D eigenvalue weighted by molar-refractivity contribution is 14.1. The Morgan fingerprint density at radius 2 is 2.43 bits per heavy atom. The molecule has 7 heteroatoms. The van der Waals surface area contributed by atoms with Crippen molar-refractivity contribution in [1.82, 2.24) is 4.98 Å². The van der Waals surface area contributed by atoms with Crippen LogP contribution in [-0.4, -0.2) is 16.5 Å². The van der Waals surface area contributed by atoms with Gasteiger partial charge in [-0.15, -0.1) is 0 Å². The Morgan fingerprint density at radius 3 is 3.00 bits per heavy atom. The number of nitrogens with zero attached hydrogens (tertiary/aromatic N) is 2. The van der Waals surface area contributed by atoms with Gasteiger partial charge in [-0.2, -0.15) is 0 Å². The highest BCUT2D eigenvalue weighted by Gasteiger charge is 2.19. The van der Waals surface area contributed by atoms with Crippen LogP contribution in [0.4, 0.5) is 4.39 Å². The van der Waals surface area contributed by atoms with Gasteiger partial charge in [-0.1, -0.05) is 34.2 Å². The van der Waals surface area contributed by atoms with E-state index in [0.29, 0.717) is 0 Å². The first-order chi connectivity index (χ1) is 6.52. The van der Waals surface area contributed by atoms with Crippen LogP contribution < -0.4 is 0 Å². The normalized spacial score (nSPS) is 12.5. The predicted octanol–water partition coefficient (Wildman–Crippen LogP) is 2.63. The molecule has 0 fully saturated rings. The van der Waals surface area contributed by atoms with Gasteiger partial charge in [-0.05, 0) is 6.07 Å². The Morgan fingerprint density at radius 1 is 1.79 bits per heavy atom. The van der Waals surface area contributed by atoms with E-state index in [9.17, 15) is 14.5 Å². The van der Waals surface area contributed by atoms with Gasteiger partial charge in [-0.25, -0.2) is 9.37 Å². The molecule has 0 saturated heterocycles. The Balaban J connectivity index is 2.95. The van der Waals surface area contributed by atoms with Gasteiger partial charge in [0.15, 0.2) is 11.0 Å². The van der Waals surface area contributed by atoms with Gasteiger partial charge in [0, 0.05) is 16.7 Å². The fourth-order valence-electron chi connectivity index (χ4n) is 0.903. The van der Waals surface area contributed by atoms with Crippen molar-refractivity contribution in [2.75, 3.05) is 6.54 Å². The summed E-state index contributed by atoms with van der Waals surface area (Å²) in [6, 6.07) is 1.39. The van der Waals surface area contributed by atoms with Gasteiger partial charge in [0.25, 0.3) is 0 Å². The standard InChI is InChI=1S/C7H5ClFIN2O2/c8-7-6(9)4(1-2-11-7)5(10)3-12(13)14/h1-2,5H,3H2. The summed E-state index contributed by atoms with van der Waals surface area (Å²) < 4.78 is 12.7. The molecule has 14 heavy (non-hydrogen) atoms. The van der Waals surface area contributed by atoms with Crippen molar-refractivity contribution in [3.05, 3.63) is 38.9 Å². The van der Waals surface area contributed by atoms with Crippen LogP contribution >= 0.6 is 34.2 Å². The minimum absolute atomic E-state index is 0.210. The summed E-state index contributed by atoms with van der Waals surface area (Å²) in [5.74, 6) is -0.685. The van der Waals surface area contributed by atoms with Crippen molar-refractivity contribution in [1.29, 1.82) is 0 Å². The van der Waals surface area contributed by atoms with Crippen LogP contribution in [0, 0.1) is 15.9 Å². The lowest BCUT2D eigenvalue weighted by Gasteiger charge is -2.06. The molecule has 1 rings (SSSR count). The van der Waals surface area contributed by atoms with E-state index < -0.39 is 14.7 Å². The summed E-state index contributed by atoms with van der Waals surface area (Å²) >= 11 is 7.23. The molecule has 76 valence electrons. The zero-order chi connectivity index (χ0) is 10.7. The number of hydrogen-bond acceptors (Lipinski definition) is 3. The molecule has 0 aliphatic heterocycles. The first kappa shape index (κ1) is 11.6. The lowest BCUT2D eigenvalue weighted by molar-refractivity contribution is -0.478. The number of pyridine rings is 1. The molecule has 1 unspecified atom stereocenters. The molecule has 1 aromatic rings. The van der Waals surface area contributed by atoms with Gasteiger partial charge >= 0.3 is 0 Å². The van der Waals surface area contributed by atoms with Crippen molar-refractivity contribution in [2.45, 2.75) is 3.92 Å². The van der Waals surface area contributed by atoms with E-state index in [1.807, 2.05) is 0 Å². The maximum absolute atomic E-state index is 13.3. The molecule has 1 atom stereocenters. The van der Waals surface area contributed by atoms with Gasteiger partial charge in [0.1, 0.15) is 3.92 Å². The fourth-order valence-corrected chi connectivity index (χ4v) is 1.87. The largest absolute Gasteiger partial charge is 0.264 e. The molecule has 0 radical (unpaired) electrons. The number of alkyl halides is 1. The Bertz CT molecular complexity index is 364. The lowest BCUT2D eigenvalue weighted by Crippen LogP contribution is -2.09. The minimum atomic E-state index is -0.685. The molecule has 0 aliphatic rings. The zero-order valence-electron chi connectivity index (χ0n) is 6.78. The molecule has 1 heterocycles. The smallest absolute Gasteiger partial charge is 0.219 e. The quantitative estimate of drug-likeness (QED) is 0.281. The second kappa shape index (κ2) is 4.83. The molecule has 0 N–H and O–H groups in total. The number of rotatable bonds is 3. The van der Waals surface area contributed by atoms with Crippen LogP contribution in [0.3, 0.4) is 0 Å². The van der Waals surface area contributed by atoms with Gasteiger partial charge in [0.2, 0.25) is 6.54 Å². The van der Waals surface area contributed by atoms with Crippen molar-refractivity contribution in [3.8, 4) is 0 Å². The molecular weight excluding hydrogens is 325 g/mol.